The summed E-state index contributed by atoms with van der Waals surface area (Å²) in [6.45, 7) is 12.5. The summed E-state index contributed by atoms with van der Waals surface area (Å²) in [5, 5.41) is 9.00. The van der Waals surface area contributed by atoms with Crippen LogP contribution in [0.5, 0.6) is 0 Å². The lowest BCUT2D eigenvalue weighted by Crippen LogP contribution is -2.54. The zero-order valence-corrected chi connectivity index (χ0v) is 21.6. The molecule has 3 nitrogen and oxygen atoms in total. The summed E-state index contributed by atoms with van der Waals surface area (Å²) in [5.74, 6) is 5.31. The van der Waals surface area contributed by atoms with E-state index in [0.29, 0.717) is 10.8 Å². The number of rotatable bonds is 8. The normalized spacial score (nSPS) is 44.6. The number of hydrogen-bond acceptors (Lipinski definition) is 2. The maximum atomic E-state index is 10.9. The zero-order valence-electron chi connectivity index (χ0n) is 21.6. The van der Waals surface area contributed by atoms with Gasteiger partial charge in [0.1, 0.15) is 6.61 Å². The molecule has 0 amide bonds. The summed E-state index contributed by atoms with van der Waals surface area (Å²) >= 11 is 0. The van der Waals surface area contributed by atoms with Gasteiger partial charge in [0.05, 0.1) is 6.10 Å². The second kappa shape index (κ2) is 9.59. The first-order valence-corrected chi connectivity index (χ1v) is 14.0. The van der Waals surface area contributed by atoms with Crippen molar-refractivity contribution in [3.8, 4) is 0 Å². The number of carboxylic acids is 1. The van der Waals surface area contributed by atoms with Crippen LogP contribution in [-0.4, -0.2) is 23.8 Å². The molecule has 0 saturated heterocycles. The third-order valence-corrected chi connectivity index (χ3v) is 11.3. The minimum Gasteiger partial charge on any atom is -0.480 e. The van der Waals surface area contributed by atoms with E-state index in [9.17, 15) is 4.79 Å². The molecule has 0 aromatic heterocycles. The van der Waals surface area contributed by atoms with Gasteiger partial charge in [-0.2, -0.15) is 0 Å². The Labute approximate surface area is 197 Å². The van der Waals surface area contributed by atoms with Crippen LogP contribution in [0.2, 0.25) is 0 Å². The average Bonchev–Trinajstić information content (AvgIpc) is 3.09. The van der Waals surface area contributed by atoms with Crippen LogP contribution < -0.4 is 0 Å². The maximum absolute atomic E-state index is 10.9. The van der Waals surface area contributed by atoms with Gasteiger partial charge in [-0.25, -0.2) is 4.79 Å². The first-order valence-electron chi connectivity index (χ1n) is 14.0. The van der Waals surface area contributed by atoms with Gasteiger partial charge in [-0.15, -0.1) is 0 Å². The summed E-state index contributed by atoms with van der Waals surface area (Å²) in [4.78, 5) is 10.9. The van der Waals surface area contributed by atoms with Gasteiger partial charge < -0.3 is 9.84 Å². The molecule has 1 N–H and O–H groups in total. The predicted octanol–water partition coefficient (Wildman–Crippen LogP) is 7.58. The molecule has 9 atom stereocenters. The summed E-state index contributed by atoms with van der Waals surface area (Å²) in [6.07, 6.45) is 16.3. The van der Waals surface area contributed by atoms with Gasteiger partial charge in [-0.05, 0) is 110 Å². The molecule has 3 heteroatoms. The molecule has 0 bridgehead atoms. The first-order chi connectivity index (χ1) is 15.1. The SMILES string of the molecule is CC(C)CCCC(C)[C@H]1CCC2C3CCC4C[C@@H](OCC(=O)O)CC[C@]4(C)C3CC[C@@]21C. The van der Waals surface area contributed by atoms with Crippen LogP contribution >= 0.6 is 0 Å². The lowest BCUT2D eigenvalue weighted by molar-refractivity contribution is -0.153. The Morgan fingerprint density at radius 2 is 1.66 bits per heavy atom. The monoisotopic (exact) mass is 446 g/mol. The molecule has 4 saturated carbocycles. The molecule has 0 aliphatic heterocycles. The lowest BCUT2D eigenvalue weighted by atomic mass is 9.44. The third kappa shape index (κ3) is 4.53. The van der Waals surface area contributed by atoms with Crippen LogP contribution in [0.1, 0.15) is 112 Å². The molecule has 4 aliphatic carbocycles. The van der Waals surface area contributed by atoms with E-state index in [1.807, 2.05) is 0 Å². The Morgan fingerprint density at radius 1 is 0.938 bits per heavy atom. The highest BCUT2D eigenvalue weighted by Crippen LogP contribution is 2.68. The largest absolute Gasteiger partial charge is 0.480 e. The Bertz CT molecular complexity index is 659. The van der Waals surface area contributed by atoms with E-state index >= 15 is 0 Å². The van der Waals surface area contributed by atoms with Crippen molar-refractivity contribution in [2.45, 2.75) is 118 Å². The van der Waals surface area contributed by atoms with E-state index in [4.69, 9.17) is 9.84 Å². The Morgan fingerprint density at radius 3 is 2.38 bits per heavy atom. The first kappa shape index (κ1) is 24.6. The molecular weight excluding hydrogens is 396 g/mol. The molecule has 4 rings (SSSR count). The quantitative estimate of drug-likeness (QED) is 0.418. The number of fused-ring (bicyclic) bond motifs is 5. The third-order valence-electron chi connectivity index (χ3n) is 11.3. The van der Waals surface area contributed by atoms with Gasteiger partial charge in [0.2, 0.25) is 0 Å². The number of hydrogen-bond donors (Lipinski definition) is 1. The standard InChI is InChI=1S/C29H50O3/c1-19(2)7-6-8-20(3)24-11-12-25-23-10-9-21-17-22(32-18-27(30)31)13-15-28(21,4)26(23)14-16-29(24,25)5/h19-26H,6-18H2,1-5H3,(H,30,31)/t20?,21?,22-,23?,24+,25?,26?,28-,29+/m0/s1. The van der Waals surface area contributed by atoms with Gasteiger partial charge in [-0.1, -0.05) is 53.9 Å². The van der Waals surface area contributed by atoms with Crippen molar-refractivity contribution in [3.63, 3.8) is 0 Å². The van der Waals surface area contributed by atoms with Crippen LogP contribution in [-0.2, 0) is 9.53 Å². The van der Waals surface area contributed by atoms with E-state index < -0.39 is 5.97 Å². The fraction of sp³-hybridized carbons (Fsp3) is 0.966. The molecule has 0 radical (unpaired) electrons. The number of carboxylic acid groups (broad SMARTS) is 1. The van der Waals surface area contributed by atoms with Gasteiger partial charge in [0.25, 0.3) is 0 Å². The van der Waals surface area contributed by atoms with Gasteiger partial charge in [0, 0.05) is 0 Å². The van der Waals surface area contributed by atoms with Gasteiger partial charge in [-0.3, -0.25) is 0 Å². The van der Waals surface area contributed by atoms with Gasteiger partial charge in [0.15, 0.2) is 0 Å². The smallest absolute Gasteiger partial charge is 0.329 e. The number of ether oxygens (including phenoxy) is 1. The molecule has 5 unspecified atom stereocenters. The van der Waals surface area contributed by atoms with E-state index in [0.717, 1.165) is 54.3 Å². The van der Waals surface area contributed by atoms with Gasteiger partial charge >= 0.3 is 5.97 Å². The maximum Gasteiger partial charge on any atom is 0.329 e. The minimum atomic E-state index is -0.831. The van der Waals surface area contributed by atoms with E-state index in [2.05, 4.69) is 34.6 Å². The van der Waals surface area contributed by atoms with Crippen molar-refractivity contribution in [3.05, 3.63) is 0 Å². The van der Waals surface area contributed by atoms with Crippen molar-refractivity contribution >= 4 is 5.97 Å². The van der Waals surface area contributed by atoms with E-state index in [1.54, 1.807) is 0 Å². The number of aliphatic carboxylic acids is 1. The average molecular weight is 447 g/mol. The van der Waals surface area contributed by atoms with Crippen molar-refractivity contribution in [1.29, 1.82) is 0 Å². The molecule has 0 aromatic rings. The highest BCUT2D eigenvalue weighted by molar-refractivity contribution is 5.68. The van der Waals surface area contributed by atoms with E-state index in [1.165, 1.54) is 64.2 Å². The molecule has 4 fully saturated rings. The van der Waals surface area contributed by atoms with Crippen molar-refractivity contribution < 1.29 is 14.6 Å². The Kier molecular flexibility index (Phi) is 7.36. The molecule has 0 heterocycles. The van der Waals surface area contributed by atoms with Crippen LogP contribution in [0, 0.1) is 52.3 Å². The molecule has 184 valence electrons. The van der Waals surface area contributed by atoms with Crippen molar-refractivity contribution in [2.24, 2.45) is 52.3 Å². The minimum absolute atomic E-state index is 0.128. The van der Waals surface area contributed by atoms with E-state index in [-0.39, 0.29) is 12.7 Å². The molecule has 0 aromatic carbocycles. The fourth-order valence-corrected chi connectivity index (χ4v) is 9.58. The summed E-state index contributed by atoms with van der Waals surface area (Å²) in [5.41, 5.74) is 1.03. The molecule has 32 heavy (non-hydrogen) atoms. The van der Waals surface area contributed by atoms with Crippen LogP contribution in [0.3, 0.4) is 0 Å². The Hall–Kier alpha value is -0.570. The summed E-state index contributed by atoms with van der Waals surface area (Å²) in [6, 6.07) is 0. The van der Waals surface area contributed by atoms with Crippen LogP contribution in [0.15, 0.2) is 0 Å². The van der Waals surface area contributed by atoms with Crippen molar-refractivity contribution in [1.82, 2.24) is 0 Å². The van der Waals surface area contributed by atoms with Crippen LogP contribution in [0.25, 0.3) is 0 Å². The number of carbonyl (C=O) groups is 1. The van der Waals surface area contributed by atoms with Crippen LogP contribution in [0.4, 0.5) is 0 Å². The second-order valence-corrected chi connectivity index (χ2v) is 13.3. The topological polar surface area (TPSA) is 46.5 Å². The molecule has 0 spiro atoms. The zero-order chi connectivity index (χ0) is 23.1. The molecule has 4 aliphatic rings. The summed E-state index contributed by atoms with van der Waals surface area (Å²) in [7, 11) is 0. The predicted molar refractivity (Wildman–Crippen MR) is 130 cm³/mol. The second-order valence-electron chi connectivity index (χ2n) is 13.3. The van der Waals surface area contributed by atoms with Crippen molar-refractivity contribution in [2.75, 3.05) is 6.61 Å². The highest BCUT2D eigenvalue weighted by atomic mass is 16.5. The Balaban J connectivity index is 1.41. The fourth-order valence-electron chi connectivity index (χ4n) is 9.58. The lowest BCUT2D eigenvalue weighted by Gasteiger charge is -2.61. The summed E-state index contributed by atoms with van der Waals surface area (Å²) < 4.78 is 5.75. The molecular formula is C29H50O3. The highest BCUT2D eigenvalue weighted by Gasteiger charge is 2.60.